The predicted molar refractivity (Wildman–Crippen MR) is 90.7 cm³/mol. The maximum absolute atomic E-state index is 6.20. The summed E-state index contributed by atoms with van der Waals surface area (Å²) in [5.74, 6) is 6.50. The lowest BCUT2D eigenvalue weighted by atomic mass is 9.99. The highest BCUT2D eigenvalue weighted by molar-refractivity contribution is 9.10. The molecule has 5 heteroatoms. The van der Waals surface area contributed by atoms with Crippen molar-refractivity contribution in [1.82, 2.24) is 5.43 Å². The zero-order valence-corrected chi connectivity index (χ0v) is 14.1. The van der Waals surface area contributed by atoms with Crippen molar-refractivity contribution in [2.75, 3.05) is 7.11 Å². The Kier molecular flexibility index (Phi) is 6.06. The van der Waals surface area contributed by atoms with E-state index >= 15 is 0 Å². The van der Waals surface area contributed by atoms with Crippen LogP contribution in [0.2, 0.25) is 5.02 Å². The lowest BCUT2D eigenvalue weighted by Gasteiger charge is -2.17. The molecule has 0 aromatic heterocycles. The standard InChI is InChI=1S/C16H18BrClN2O/c1-21-16-7-6-11(9-14(16)17)8-13(20-19)10-12-4-2-3-5-15(12)18/h2-7,9,13,20H,8,10,19H2,1H3. The molecule has 3 N–H and O–H groups in total. The van der Waals surface area contributed by atoms with E-state index in [0.29, 0.717) is 0 Å². The molecule has 3 nitrogen and oxygen atoms in total. The fraction of sp³-hybridized carbons (Fsp3) is 0.250. The highest BCUT2D eigenvalue weighted by Crippen LogP contribution is 2.26. The number of hydrazine groups is 1. The summed E-state index contributed by atoms with van der Waals surface area (Å²) in [5, 5.41) is 0.772. The Bertz CT molecular complexity index is 607. The van der Waals surface area contributed by atoms with E-state index in [1.165, 1.54) is 5.56 Å². The van der Waals surface area contributed by atoms with E-state index in [9.17, 15) is 0 Å². The third-order valence-electron chi connectivity index (χ3n) is 3.36. The van der Waals surface area contributed by atoms with Crippen molar-refractivity contribution in [3.8, 4) is 5.75 Å². The van der Waals surface area contributed by atoms with Gasteiger partial charge in [0, 0.05) is 11.1 Å². The number of halogens is 2. The molecular formula is C16H18BrClN2O. The molecule has 1 unspecified atom stereocenters. The summed E-state index contributed by atoms with van der Waals surface area (Å²) in [7, 11) is 1.65. The molecule has 2 aromatic carbocycles. The van der Waals surface area contributed by atoms with Crippen molar-refractivity contribution < 1.29 is 4.74 Å². The third-order valence-corrected chi connectivity index (χ3v) is 4.35. The van der Waals surface area contributed by atoms with Crippen LogP contribution in [0.4, 0.5) is 0 Å². The molecule has 0 saturated carbocycles. The Morgan fingerprint density at radius 2 is 2.00 bits per heavy atom. The summed E-state index contributed by atoms with van der Waals surface area (Å²) in [4.78, 5) is 0. The second-order valence-electron chi connectivity index (χ2n) is 4.83. The van der Waals surface area contributed by atoms with Gasteiger partial charge in [0.1, 0.15) is 5.75 Å². The molecule has 0 spiro atoms. The van der Waals surface area contributed by atoms with Crippen LogP contribution in [0.1, 0.15) is 11.1 Å². The lowest BCUT2D eigenvalue weighted by Crippen LogP contribution is -2.38. The van der Waals surface area contributed by atoms with Gasteiger partial charge in [0.05, 0.1) is 11.6 Å². The highest BCUT2D eigenvalue weighted by atomic mass is 79.9. The molecular weight excluding hydrogens is 352 g/mol. The van der Waals surface area contributed by atoms with Gasteiger partial charge in [-0.1, -0.05) is 35.9 Å². The molecule has 21 heavy (non-hydrogen) atoms. The van der Waals surface area contributed by atoms with Crippen LogP contribution >= 0.6 is 27.5 Å². The minimum atomic E-state index is 0.116. The molecule has 0 saturated heterocycles. The zero-order chi connectivity index (χ0) is 15.2. The molecule has 2 aromatic rings. The second kappa shape index (κ2) is 7.80. The zero-order valence-electron chi connectivity index (χ0n) is 11.8. The van der Waals surface area contributed by atoms with Gasteiger partial charge >= 0.3 is 0 Å². The van der Waals surface area contributed by atoms with E-state index in [4.69, 9.17) is 22.2 Å². The first-order valence-electron chi connectivity index (χ1n) is 6.66. The minimum absolute atomic E-state index is 0.116. The topological polar surface area (TPSA) is 47.3 Å². The van der Waals surface area contributed by atoms with Crippen molar-refractivity contribution in [2.24, 2.45) is 5.84 Å². The van der Waals surface area contributed by atoms with Gasteiger partial charge in [-0.05, 0) is 58.1 Å². The smallest absolute Gasteiger partial charge is 0.133 e. The maximum Gasteiger partial charge on any atom is 0.133 e. The van der Waals surface area contributed by atoms with Crippen molar-refractivity contribution in [3.63, 3.8) is 0 Å². The molecule has 0 amide bonds. The number of methoxy groups -OCH3 is 1. The Balaban J connectivity index is 2.09. The van der Waals surface area contributed by atoms with Crippen molar-refractivity contribution in [2.45, 2.75) is 18.9 Å². The van der Waals surface area contributed by atoms with Gasteiger partial charge in [-0.15, -0.1) is 0 Å². The number of nitrogens with two attached hydrogens (primary N) is 1. The van der Waals surface area contributed by atoms with E-state index in [1.807, 2.05) is 36.4 Å². The van der Waals surface area contributed by atoms with Gasteiger partial charge in [-0.3, -0.25) is 11.3 Å². The molecule has 0 bridgehead atoms. The molecule has 2 rings (SSSR count). The Morgan fingerprint density at radius 3 is 2.62 bits per heavy atom. The van der Waals surface area contributed by atoms with Crippen molar-refractivity contribution >= 4 is 27.5 Å². The van der Waals surface area contributed by atoms with E-state index < -0.39 is 0 Å². The molecule has 112 valence electrons. The van der Waals surface area contributed by atoms with Crippen LogP contribution in [0.25, 0.3) is 0 Å². The van der Waals surface area contributed by atoms with E-state index in [1.54, 1.807) is 7.11 Å². The molecule has 0 aliphatic rings. The van der Waals surface area contributed by atoms with Gasteiger partial charge in [0.25, 0.3) is 0 Å². The summed E-state index contributed by atoms with van der Waals surface area (Å²) in [6.07, 6.45) is 1.59. The van der Waals surface area contributed by atoms with Gasteiger partial charge < -0.3 is 4.74 Å². The summed E-state index contributed by atoms with van der Waals surface area (Å²) >= 11 is 9.70. The fourth-order valence-corrected chi connectivity index (χ4v) is 3.04. The number of rotatable bonds is 6. The van der Waals surface area contributed by atoms with Gasteiger partial charge in [-0.25, -0.2) is 0 Å². The van der Waals surface area contributed by atoms with Crippen LogP contribution in [-0.4, -0.2) is 13.2 Å². The van der Waals surface area contributed by atoms with Crippen molar-refractivity contribution in [1.29, 1.82) is 0 Å². The monoisotopic (exact) mass is 368 g/mol. The van der Waals surface area contributed by atoms with Gasteiger partial charge in [0.15, 0.2) is 0 Å². The number of hydrogen-bond acceptors (Lipinski definition) is 3. The number of nitrogens with one attached hydrogen (secondary N) is 1. The van der Waals surface area contributed by atoms with E-state index in [0.717, 1.165) is 33.6 Å². The highest BCUT2D eigenvalue weighted by Gasteiger charge is 2.12. The summed E-state index contributed by atoms with van der Waals surface area (Å²) in [6, 6.07) is 14.0. The van der Waals surface area contributed by atoms with Crippen LogP contribution in [0.5, 0.6) is 5.75 Å². The summed E-state index contributed by atoms with van der Waals surface area (Å²) < 4.78 is 6.18. The van der Waals surface area contributed by atoms with Crippen LogP contribution in [-0.2, 0) is 12.8 Å². The van der Waals surface area contributed by atoms with E-state index in [-0.39, 0.29) is 6.04 Å². The van der Waals surface area contributed by atoms with Gasteiger partial charge in [-0.2, -0.15) is 0 Å². The van der Waals surface area contributed by atoms with Crippen LogP contribution in [0, 0.1) is 0 Å². The van der Waals surface area contributed by atoms with Gasteiger partial charge in [0.2, 0.25) is 0 Å². The summed E-state index contributed by atoms with van der Waals surface area (Å²) in [5.41, 5.74) is 5.14. The minimum Gasteiger partial charge on any atom is -0.496 e. The normalized spacial score (nSPS) is 12.2. The van der Waals surface area contributed by atoms with Crippen molar-refractivity contribution in [3.05, 3.63) is 63.1 Å². The Labute approximate surface area is 138 Å². The molecule has 1 atom stereocenters. The molecule has 0 fully saturated rings. The summed E-state index contributed by atoms with van der Waals surface area (Å²) in [6.45, 7) is 0. The number of hydrogen-bond donors (Lipinski definition) is 2. The maximum atomic E-state index is 6.20. The quantitative estimate of drug-likeness (QED) is 0.602. The largest absolute Gasteiger partial charge is 0.496 e. The predicted octanol–water partition coefficient (Wildman–Crippen LogP) is 3.73. The average Bonchev–Trinajstić information content (AvgIpc) is 2.49. The first kappa shape index (κ1) is 16.3. The second-order valence-corrected chi connectivity index (χ2v) is 6.09. The van der Waals surface area contributed by atoms with E-state index in [2.05, 4.69) is 27.4 Å². The Morgan fingerprint density at radius 1 is 1.24 bits per heavy atom. The first-order chi connectivity index (χ1) is 10.1. The molecule has 0 aliphatic carbocycles. The SMILES string of the molecule is COc1ccc(CC(Cc2ccccc2Cl)NN)cc1Br. The average molecular weight is 370 g/mol. The molecule has 0 radical (unpaired) electrons. The fourth-order valence-electron chi connectivity index (χ4n) is 2.24. The van der Waals surface area contributed by atoms with Crippen LogP contribution in [0.3, 0.4) is 0 Å². The number of ether oxygens (including phenoxy) is 1. The first-order valence-corrected chi connectivity index (χ1v) is 7.83. The van der Waals surface area contributed by atoms with Crippen LogP contribution < -0.4 is 16.0 Å². The number of benzene rings is 2. The molecule has 0 aliphatic heterocycles. The molecule has 0 heterocycles. The Hall–Kier alpha value is -1.07. The van der Waals surface area contributed by atoms with Crippen LogP contribution in [0.15, 0.2) is 46.9 Å². The third kappa shape index (κ3) is 4.45. The lowest BCUT2D eigenvalue weighted by molar-refractivity contribution is 0.412.